The number of H-pyrrole nitrogens is 1. The SMILES string of the molecule is CNC(=O)CCCCC[C@H](NC(=O)c1cncs1)c1ncc(-c2ccc(NC(C)=O)cc2)[nH]1. The number of imidazole rings is 1. The minimum atomic E-state index is -0.299. The first kappa shape index (κ1) is 24.1. The molecule has 0 bridgehead atoms. The molecule has 3 rings (SSSR count). The number of anilines is 1. The summed E-state index contributed by atoms with van der Waals surface area (Å²) in [5.74, 6) is 0.386. The van der Waals surface area contributed by atoms with Crippen LogP contribution in [0.3, 0.4) is 0 Å². The molecule has 3 aromatic rings. The summed E-state index contributed by atoms with van der Waals surface area (Å²) >= 11 is 1.29. The van der Waals surface area contributed by atoms with E-state index in [4.69, 9.17) is 0 Å². The summed E-state index contributed by atoms with van der Waals surface area (Å²) in [6, 6.07) is 7.14. The highest BCUT2D eigenvalue weighted by Crippen LogP contribution is 2.24. The molecule has 3 amide bonds. The zero-order valence-electron chi connectivity index (χ0n) is 18.7. The normalized spacial score (nSPS) is 11.6. The molecule has 0 spiro atoms. The Morgan fingerprint density at radius 2 is 1.88 bits per heavy atom. The molecular formula is C23H28N6O3S. The molecule has 10 heteroatoms. The van der Waals surface area contributed by atoms with Crippen molar-refractivity contribution in [2.45, 2.75) is 45.1 Å². The van der Waals surface area contributed by atoms with Gasteiger partial charge in [-0.2, -0.15) is 0 Å². The summed E-state index contributed by atoms with van der Waals surface area (Å²) in [4.78, 5) is 47.6. The Balaban J connectivity index is 1.68. The Labute approximate surface area is 196 Å². The topological polar surface area (TPSA) is 129 Å². The second-order valence-electron chi connectivity index (χ2n) is 7.60. The predicted molar refractivity (Wildman–Crippen MR) is 128 cm³/mol. The van der Waals surface area contributed by atoms with Gasteiger partial charge in [0.25, 0.3) is 5.91 Å². The van der Waals surface area contributed by atoms with Crippen molar-refractivity contribution in [1.29, 1.82) is 0 Å². The van der Waals surface area contributed by atoms with Crippen LogP contribution in [0.2, 0.25) is 0 Å². The van der Waals surface area contributed by atoms with E-state index >= 15 is 0 Å². The first-order chi connectivity index (χ1) is 16.0. The maximum Gasteiger partial charge on any atom is 0.263 e. The molecule has 9 nitrogen and oxygen atoms in total. The summed E-state index contributed by atoms with van der Waals surface area (Å²) in [6.45, 7) is 1.47. The van der Waals surface area contributed by atoms with E-state index in [1.165, 1.54) is 18.3 Å². The average Bonchev–Trinajstić information content (AvgIpc) is 3.50. The predicted octanol–water partition coefficient (Wildman–Crippen LogP) is 3.66. The van der Waals surface area contributed by atoms with Gasteiger partial charge in [-0.3, -0.25) is 19.4 Å². The summed E-state index contributed by atoms with van der Waals surface area (Å²) < 4.78 is 0. The van der Waals surface area contributed by atoms with Gasteiger partial charge in [0, 0.05) is 26.1 Å². The van der Waals surface area contributed by atoms with E-state index in [-0.39, 0.29) is 23.8 Å². The number of hydrogen-bond donors (Lipinski definition) is 4. The lowest BCUT2D eigenvalue weighted by atomic mass is 10.1. The zero-order chi connectivity index (χ0) is 23.6. The number of aromatic amines is 1. The number of rotatable bonds is 11. The number of nitrogens with zero attached hydrogens (tertiary/aromatic N) is 2. The lowest BCUT2D eigenvalue weighted by molar-refractivity contribution is -0.120. The molecule has 0 aliphatic rings. The van der Waals surface area contributed by atoms with Crippen molar-refractivity contribution in [3.63, 3.8) is 0 Å². The third-order valence-electron chi connectivity index (χ3n) is 5.08. The number of carbonyl (C=O) groups is 3. The van der Waals surface area contributed by atoms with Gasteiger partial charge in [0.15, 0.2) is 0 Å². The fourth-order valence-corrected chi connectivity index (χ4v) is 3.89. The molecule has 4 N–H and O–H groups in total. The van der Waals surface area contributed by atoms with Crippen LogP contribution >= 0.6 is 11.3 Å². The fourth-order valence-electron chi connectivity index (χ4n) is 3.37. The van der Waals surface area contributed by atoms with Crippen molar-refractivity contribution in [2.75, 3.05) is 12.4 Å². The van der Waals surface area contributed by atoms with E-state index in [2.05, 4.69) is 30.9 Å². The van der Waals surface area contributed by atoms with E-state index in [1.54, 1.807) is 25.0 Å². The van der Waals surface area contributed by atoms with Crippen molar-refractivity contribution in [3.05, 3.63) is 52.9 Å². The van der Waals surface area contributed by atoms with Gasteiger partial charge < -0.3 is 20.9 Å². The number of thiazole rings is 1. The van der Waals surface area contributed by atoms with Gasteiger partial charge in [0.05, 0.1) is 29.6 Å². The van der Waals surface area contributed by atoms with Gasteiger partial charge >= 0.3 is 0 Å². The van der Waals surface area contributed by atoms with Crippen LogP contribution < -0.4 is 16.0 Å². The van der Waals surface area contributed by atoms with E-state index in [1.807, 2.05) is 24.3 Å². The van der Waals surface area contributed by atoms with Crippen LogP contribution in [0.5, 0.6) is 0 Å². The summed E-state index contributed by atoms with van der Waals surface area (Å²) in [5.41, 5.74) is 4.08. The lowest BCUT2D eigenvalue weighted by Gasteiger charge is -2.16. The minimum Gasteiger partial charge on any atom is -0.359 e. The first-order valence-electron chi connectivity index (χ1n) is 10.8. The molecule has 0 saturated carbocycles. The van der Waals surface area contributed by atoms with Crippen LogP contribution in [-0.4, -0.2) is 39.7 Å². The average molecular weight is 469 g/mol. The molecule has 1 atom stereocenters. The third-order valence-corrected chi connectivity index (χ3v) is 5.85. The Hall–Kier alpha value is -3.53. The first-order valence-corrected chi connectivity index (χ1v) is 11.7. The smallest absolute Gasteiger partial charge is 0.263 e. The number of aromatic nitrogens is 3. The molecule has 33 heavy (non-hydrogen) atoms. The Morgan fingerprint density at radius 3 is 2.55 bits per heavy atom. The Kier molecular flexibility index (Phi) is 8.71. The molecule has 2 aromatic heterocycles. The number of carbonyl (C=O) groups excluding carboxylic acids is 3. The summed E-state index contributed by atoms with van der Waals surface area (Å²) in [7, 11) is 1.63. The fraction of sp³-hybridized carbons (Fsp3) is 0.348. The monoisotopic (exact) mass is 468 g/mol. The van der Waals surface area contributed by atoms with Crippen molar-refractivity contribution in [1.82, 2.24) is 25.6 Å². The van der Waals surface area contributed by atoms with Gasteiger partial charge in [0.1, 0.15) is 10.7 Å². The molecule has 0 aliphatic heterocycles. The van der Waals surface area contributed by atoms with Gasteiger partial charge in [-0.1, -0.05) is 25.0 Å². The van der Waals surface area contributed by atoms with Crippen molar-refractivity contribution >= 4 is 34.7 Å². The van der Waals surface area contributed by atoms with Crippen molar-refractivity contribution in [3.8, 4) is 11.3 Å². The van der Waals surface area contributed by atoms with E-state index < -0.39 is 0 Å². The lowest BCUT2D eigenvalue weighted by Crippen LogP contribution is -2.28. The molecule has 0 radical (unpaired) electrons. The molecule has 0 unspecified atom stereocenters. The Morgan fingerprint density at radius 1 is 1.09 bits per heavy atom. The maximum atomic E-state index is 12.6. The second-order valence-corrected chi connectivity index (χ2v) is 8.49. The standard InChI is InChI=1S/C23H28N6O3S/c1-15(30)27-17-10-8-16(9-11-17)19-12-26-22(28-19)18(6-4-3-5-7-21(31)24-2)29-23(32)20-13-25-14-33-20/h8-14,18H,3-7H2,1-2H3,(H,24,31)(H,26,28)(H,27,30)(H,29,32)/t18-/m0/s1. The van der Waals surface area contributed by atoms with Crippen LogP contribution in [-0.2, 0) is 9.59 Å². The highest BCUT2D eigenvalue weighted by molar-refractivity contribution is 7.11. The Bertz CT molecular complexity index is 1060. The van der Waals surface area contributed by atoms with E-state index in [9.17, 15) is 14.4 Å². The van der Waals surface area contributed by atoms with Gasteiger partial charge in [-0.25, -0.2) is 4.98 Å². The molecule has 1 aromatic carbocycles. The third kappa shape index (κ3) is 7.25. The largest absolute Gasteiger partial charge is 0.359 e. The number of benzene rings is 1. The molecule has 0 saturated heterocycles. The van der Waals surface area contributed by atoms with Crippen LogP contribution in [0, 0.1) is 0 Å². The summed E-state index contributed by atoms with van der Waals surface area (Å²) in [6.07, 6.45) is 6.97. The molecular weight excluding hydrogens is 440 g/mol. The van der Waals surface area contributed by atoms with Crippen LogP contribution in [0.4, 0.5) is 5.69 Å². The minimum absolute atomic E-state index is 0.0326. The summed E-state index contributed by atoms with van der Waals surface area (Å²) in [5, 5.41) is 8.42. The van der Waals surface area contributed by atoms with Gasteiger partial charge in [0.2, 0.25) is 11.8 Å². The number of hydrogen-bond acceptors (Lipinski definition) is 6. The van der Waals surface area contributed by atoms with Gasteiger partial charge in [-0.05, 0) is 30.5 Å². The van der Waals surface area contributed by atoms with Crippen LogP contribution in [0.25, 0.3) is 11.3 Å². The van der Waals surface area contributed by atoms with Gasteiger partial charge in [-0.15, -0.1) is 11.3 Å². The number of nitrogens with one attached hydrogen (secondary N) is 4. The highest BCUT2D eigenvalue weighted by atomic mass is 32.1. The van der Waals surface area contributed by atoms with E-state index in [0.717, 1.165) is 36.2 Å². The number of amides is 3. The van der Waals surface area contributed by atoms with Crippen LogP contribution in [0.1, 0.15) is 60.6 Å². The van der Waals surface area contributed by atoms with Crippen molar-refractivity contribution < 1.29 is 14.4 Å². The highest BCUT2D eigenvalue weighted by Gasteiger charge is 2.20. The molecule has 0 fully saturated rings. The molecule has 174 valence electrons. The van der Waals surface area contributed by atoms with E-state index in [0.29, 0.717) is 23.5 Å². The number of unbranched alkanes of at least 4 members (excludes halogenated alkanes) is 2. The van der Waals surface area contributed by atoms with Crippen LogP contribution in [0.15, 0.2) is 42.2 Å². The molecule has 2 heterocycles. The zero-order valence-corrected chi connectivity index (χ0v) is 19.5. The quantitative estimate of drug-likeness (QED) is 0.319. The molecule has 0 aliphatic carbocycles. The second kappa shape index (κ2) is 11.9. The maximum absolute atomic E-state index is 12.6. The van der Waals surface area contributed by atoms with Crippen molar-refractivity contribution in [2.24, 2.45) is 0 Å².